The number of likely N-dealkylation sites (N-methyl/N-ethyl adjacent to an activating group) is 1. The molecule has 1 heterocycles. The van der Waals surface area contributed by atoms with E-state index in [1.54, 1.807) is 0 Å². The first-order valence-corrected chi connectivity index (χ1v) is 9.26. The maximum absolute atomic E-state index is 6.54. The van der Waals surface area contributed by atoms with Crippen LogP contribution < -0.4 is 5.32 Å². The lowest BCUT2D eigenvalue weighted by Gasteiger charge is -2.37. The lowest BCUT2D eigenvalue weighted by molar-refractivity contribution is -0.0736. The zero-order chi connectivity index (χ0) is 14.7. The first kappa shape index (κ1) is 15.8. The summed E-state index contributed by atoms with van der Waals surface area (Å²) in [5, 5.41) is 3.43. The predicted octanol–water partition coefficient (Wildman–Crippen LogP) is 3.33. The Morgan fingerprint density at radius 1 is 1.00 bits per heavy atom. The Bertz CT molecular complexity index is 319. The molecule has 3 heteroatoms. The first-order chi connectivity index (χ1) is 10.2. The fourth-order valence-electron chi connectivity index (χ4n) is 4.86. The van der Waals surface area contributed by atoms with Crippen LogP contribution in [0.1, 0.15) is 70.6 Å². The summed E-state index contributed by atoms with van der Waals surface area (Å²) in [5.41, 5.74) is 0.285. The summed E-state index contributed by atoms with van der Waals surface area (Å²) in [6, 6.07) is 1.53. The third kappa shape index (κ3) is 3.80. The van der Waals surface area contributed by atoms with Gasteiger partial charge in [0.25, 0.3) is 0 Å². The molecule has 1 N–H and O–H groups in total. The van der Waals surface area contributed by atoms with Crippen LogP contribution in [0, 0.1) is 0 Å². The van der Waals surface area contributed by atoms with Crippen molar-refractivity contribution in [1.82, 2.24) is 10.2 Å². The van der Waals surface area contributed by atoms with Crippen LogP contribution in [0.5, 0.6) is 0 Å². The van der Waals surface area contributed by atoms with Gasteiger partial charge in [0, 0.05) is 18.6 Å². The molecule has 0 aromatic heterocycles. The molecule has 3 fully saturated rings. The topological polar surface area (TPSA) is 24.5 Å². The van der Waals surface area contributed by atoms with E-state index in [1.165, 1.54) is 70.6 Å². The predicted molar refractivity (Wildman–Crippen MR) is 87.7 cm³/mol. The highest BCUT2D eigenvalue weighted by Gasteiger charge is 2.41. The highest BCUT2D eigenvalue weighted by Crippen LogP contribution is 2.42. The van der Waals surface area contributed by atoms with Gasteiger partial charge in [-0.1, -0.05) is 19.3 Å². The third-order valence-electron chi connectivity index (χ3n) is 6.32. The lowest BCUT2D eigenvalue weighted by Crippen LogP contribution is -2.43. The van der Waals surface area contributed by atoms with Gasteiger partial charge in [0.05, 0.1) is 11.7 Å². The van der Waals surface area contributed by atoms with Crippen molar-refractivity contribution in [2.75, 3.05) is 20.6 Å². The molecule has 0 radical (unpaired) electrons. The van der Waals surface area contributed by atoms with E-state index in [9.17, 15) is 0 Å². The molecule has 3 nitrogen and oxygen atoms in total. The fourth-order valence-corrected chi connectivity index (χ4v) is 4.86. The van der Waals surface area contributed by atoms with Gasteiger partial charge in [-0.2, -0.15) is 0 Å². The van der Waals surface area contributed by atoms with Gasteiger partial charge in [-0.15, -0.1) is 0 Å². The van der Waals surface area contributed by atoms with Crippen molar-refractivity contribution in [2.45, 2.75) is 94.4 Å². The summed E-state index contributed by atoms with van der Waals surface area (Å²) in [5.74, 6) is 0. The van der Waals surface area contributed by atoms with Crippen molar-refractivity contribution in [1.29, 1.82) is 0 Å². The molecule has 3 rings (SSSR count). The van der Waals surface area contributed by atoms with E-state index in [-0.39, 0.29) is 5.60 Å². The first-order valence-electron chi connectivity index (χ1n) is 9.26. The molecule has 1 unspecified atom stereocenters. The van der Waals surface area contributed by atoms with Crippen molar-refractivity contribution in [2.24, 2.45) is 0 Å². The van der Waals surface area contributed by atoms with Crippen molar-refractivity contribution in [3.05, 3.63) is 0 Å². The summed E-state index contributed by atoms with van der Waals surface area (Å²) in [7, 11) is 4.42. The van der Waals surface area contributed by atoms with Crippen LogP contribution in [-0.2, 0) is 4.74 Å². The summed E-state index contributed by atoms with van der Waals surface area (Å²) < 4.78 is 6.54. The Kier molecular flexibility index (Phi) is 5.23. The molecule has 0 bridgehead atoms. The van der Waals surface area contributed by atoms with E-state index in [0.717, 1.165) is 18.6 Å². The summed E-state index contributed by atoms with van der Waals surface area (Å²) in [4.78, 5) is 2.60. The van der Waals surface area contributed by atoms with E-state index in [2.05, 4.69) is 24.3 Å². The maximum atomic E-state index is 6.54. The highest BCUT2D eigenvalue weighted by atomic mass is 16.5. The van der Waals surface area contributed by atoms with Crippen LogP contribution in [0.25, 0.3) is 0 Å². The Morgan fingerprint density at radius 3 is 2.38 bits per heavy atom. The number of nitrogens with one attached hydrogen (secondary N) is 1. The van der Waals surface area contributed by atoms with E-state index < -0.39 is 0 Å². The third-order valence-corrected chi connectivity index (χ3v) is 6.32. The molecule has 1 spiro atoms. The van der Waals surface area contributed by atoms with Crippen LogP contribution in [0.4, 0.5) is 0 Å². The molecular formula is C18H34N2O. The molecule has 1 saturated heterocycles. The second-order valence-corrected chi connectivity index (χ2v) is 7.76. The Morgan fingerprint density at radius 2 is 1.71 bits per heavy atom. The van der Waals surface area contributed by atoms with Gasteiger partial charge in [0.2, 0.25) is 0 Å². The van der Waals surface area contributed by atoms with Crippen molar-refractivity contribution in [3.63, 3.8) is 0 Å². The lowest BCUT2D eigenvalue weighted by atomic mass is 9.83. The van der Waals surface area contributed by atoms with Gasteiger partial charge in [-0.3, -0.25) is 0 Å². The standard InChI is InChI=1S/C18H34N2O/c1-19-15-6-8-16(9-7-15)20(2)14-17-10-13-18(21-17)11-4-3-5-12-18/h15-17,19H,3-14H2,1-2H3. The van der Waals surface area contributed by atoms with Gasteiger partial charge >= 0.3 is 0 Å². The van der Waals surface area contributed by atoms with E-state index in [0.29, 0.717) is 6.10 Å². The maximum Gasteiger partial charge on any atom is 0.0710 e. The van der Waals surface area contributed by atoms with Crippen LogP contribution in [0.3, 0.4) is 0 Å². The van der Waals surface area contributed by atoms with E-state index in [1.807, 2.05) is 0 Å². The average Bonchev–Trinajstić information content (AvgIpc) is 2.90. The molecule has 0 amide bonds. The van der Waals surface area contributed by atoms with E-state index >= 15 is 0 Å². The minimum Gasteiger partial charge on any atom is -0.370 e. The van der Waals surface area contributed by atoms with Gasteiger partial charge < -0.3 is 15.0 Å². The van der Waals surface area contributed by atoms with Gasteiger partial charge in [0.1, 0.15) is 0 Å². The normalized spacial score (nSPS) is 36.4. The Balaban J connectivity index is 1.44. The van der Waals surface area contributed by atoms with Crippen molar-refractivity contribution < 1.29 is 4.74 Å². The Hall–Kier alpha value is -0.120. The van der Waals surface area contributed by atoms with Crippen LogP contribution in [0.15, 0.2) is 0 Å². The van der Waals surface area contributed by atoms with Crippen molar-refractivity contribution in [3.8, 4) is 0 Å². The molecule has 3 aliphatic rings. The van der Waals surface area contributed by atoms with Gasteiger partial charge in [0.15, 0.2) is 0 Å². The molecule has 1 atom stereocenters. The summed E-state index contributed by atoms with van der Waals surface area (Å²) in [6.45, 7) is 1.15. The minimum absolute atomic E-state index is 0.285. The number of ether oxygens (including phenoxy) is 1. The van der Waals surface area contributed by atoms with Gasteiger partial charge in [-0.25, -0.2) is 0 Å². The highest BCUT2D eigenvalue weighted by molar-refractivity contribution is 4.92. The number of hydrogen-bond donors (Lipinski definition) is 1. The summed E-state index contributed by atoms with van der Waals surface area (Å²) >= 11 is 0. The Labute approximate surface area is 130 Å². The quantitative estimate of drug-likeness (QED) is 0.861. The number of rotatable bonds is 4. The molecule has 1 aliphatic heterocycles. The molecule has 0 aromatic rings. The minimum atomic E-state index is 0.285. The number of nitrogens with zero attached hydrogens (tertiary/aromatic N) is 1. The fraction of sp³-hybridized carbons (Fsp3) is 1.00. The molecular weight excluding hydrogens is 260 g/mol. The van der Waals surface area contributed by atoms with Crippen LogP contribution >= 0.6 is 0 Å². The largest absolute Gasteiger partial charge is 0.370 e. The monoisotopic (exact) mass is 294 g/mol. The van der Waals surface area contributed by atoms with Crippen molar-refractivity contribution >= 4 is 0 Å². The molecule has 21 heavy (non-hydrogen) atoms. The molecule has 2 aliphatic carbocycles. The van der Waals surface area contributed by atoms with Crippen LogP contribution in [0.2, 0.25) is 0 Å². The van der Waals surface area contributed by atoms with Gasteiger partial charge in [-0.05, 0) is 65.5 Å². The second kappa shape index (κ2) is 6.97. The van der Waals surface area contributed by atoms with Crippen LogP contribution in [-0.4, -0.2) is 49.3 Å². The smallest absolute Gasteiger partial charge is 0.0710 e. The SMILES string of the molecule is CNC1CCC(N(C)CC2CCC3(CCCCC3)O2)CC1. The molecule has 2 saturated carbocycles. The molecule has 0 aromatic carbocycles. The zero-order valence-electron chi connectivity index (χ0n) is 14.1. The zero-order valence-corrected chi connectivity index (χ0v) is 14.1. The summed E-state index contributed by atoms with van der Waals surface area (Å²) in [6.07, 6.45) is 15.3. The average molecular weight is 294 g/mol. The number of hydrogen-bond acceptors (Lipinski definition) is 3. The molecule has 122 valence electrons. The van der Waals surface area contributed by atoms with E-state index in [4.69, 9.17) is 4.74 Å². The second-order valence-electron chi connectivity index (χ2n) is 7.76.